The average molecular weight is 708 g/mol. The van der Waals surface area contributed by atoms with Crippen LogP contribution >= 0.6 is 11.6 Å². The number of hydrogen-bond donors (Lipinski definition) is 1. The van der Waals surface area contributed by atoms with Crippen molar-refractivity contribution < 1.29 is 41.0 Å². The van der Waals surface area contributed by atoms with E-state index in [1.165, 1.54) is 26.0 Å². The van der Waals surface area contributed by atoms with E-state index in [4.69, 9.17) is 25.8 Å². The lowest BCUT2D eigenvalue weighted by atomic mass is 9.70. The largest absolute Gasteiger partial charge is 0.487 e. The van der Waals surface area contributed by atoms with Gasteiger partial charge in [0.1, 0.15) is 24.1 Å². The van der Waals surface area contributed by atoms with E-state index in [1.807, 2.05) is 18.2 Å². The summed E-state index contributed by atoms with van der Waals surface area (Å²) in [7, 11) is -4.29. The van der Waals surface area contributed by atoms with Crippen LogP contribution in [0.5, 0.6) is 5.75 Å². The van der Waals surface area contributed by atoms with E-state index in [0.29, 0.717) is 29.5 Å². The Bertz CT molecular complexity index is 1700. The van der Waals surface area contributed by atoms with E-state index in [2.05, 4.69) is 9.62 Å². The van der Waals surface area contributed by atoms with Gasteiger partial charge in [-0.1, -0.05) is 23.7 Å². The zero-order valence-corrected chi connectivity index (χ0v) is 28.5. The molecule has 3 atom stereocenters. The topological polar surface area (TPSA) is 114 Å². The minimum Gasteiger partial charge on any atom is -0.487 e. The van der Waals surface area contributed by atoms with E-state index in [-0.39, 0.29) is 29.9 Å². The number of alkyl halides is 2. The number of carbonyl (C=O) groups excluding carboxylic acids is 2. The Balaban J connectivity index is 1.35. The van der Waals surface area contributed by atoms with Crippen LogP contribution < -0.4 is 14.4 Å². The van der Waals surface area contributed by atoms with E-state index >= 15 is 0 Å². The minimum atomic E-state index is -4.29. The van der Waals surface area contributed by atoms with Crippen molar-refractivity contribution in [2.75, 3.05) is 37.7 Å². The maximum absolute atomic E-state index is 13.5. The lowest BCUT2D eigenvalue weighted by molar-refractivity contribution is -0.139. The van der Waals surface area contributed by atoms with Crippen molar-refractivity contribution in [2.24, 2.45) is 11.8 Å². The van der Waals surface area contributed by atoms with Crippen LogP contribution in [0.3, 0.4) is 0 Å². The van der Waals surface area contributed by atoms with Crippen molar-refractivity contribution in [3.8, 4) is 5.75 Å². The van der Waals surface area contributed by atoms with Gasteiger partial charge in [-0.15, -0.1) is 0 Å². The Morgan fingerprint density at radius 2 is 1.88 bits per heavy atom. The number of benzene rings is 2. The van der Waals surface area contributed by atoms with Gasteiger partial charge in [0.2, 0.25) is 0 Å². The van der Waals surface area contributed by atoms with Gasteiger partial charge in [0, 0.05) is 24.0 Å². The van der Waals surface area contributed by atoms with Crippen molar-refractivity contribution in [3.05, 3.63) is 64.7 Å². The molecular weight excluding hydrogens is 668 g/mol. The molecule has 6 rings (SSSR count). The van der Waals surface area contributed by atoms with Gasteiger partial charge in [-0.2, -0.15) is 0 Å². The van der Waals surface area contributed by atoms with Crippen LogP contribution in [-0.4, -0.2) is 75.7 Å². The number of nitrogens with zero attached hydrogens (tertiary/aromatic N) is 2. The summed E-state index contributed by atoms with van der Waals surface area (Å²) in [6.45, 7) is 2.78. The zero-order chi connectivity index (χ0) is 34.3. The van der Waals surface area contributed by atoms with Crippen molar-refractivity contribution >= 4 is 39.3 Å². The number of likely N-dealkylation sites (tertiary alicyclic amines) is 1. The molecular formula is C34H40ClF2N3O7S. The summed E-state index contributed by atoms with van der Waals surface area (Å²) in [6, 6.07) is 10.2. The molecule has 1 saturated carbocycles. The molecule has 0 spiro atoms. The van der Waals surface area contributed by atoms with E-state index in [1.54, 1.807) is 18.2 Å². The number of ether oxygens (including phenoxy) is 3. The van der Waals surface area contributed by atoms with Gasteiger partial charge < -0.3 is 19.1 Å². The number of rotatable bonds is 1. The van der Waals surface area contributed by atoms with Gasteiger partial charge in [0.15, 0.2) is 0 Å². The summed E-state index contributed by atoms with van der Waals surface area (Å²) in [5.41, 5.74) is 1.09. The second kappa shape index (κ2) is 13.5. The number of aryl methyl sites for hydroxylation is 1. The molecule has 2 aromatic rings. The Morgan fingerprint density at radius 3 is 2.60 bits per heavy atom. The molecule has 3 heterocycles. The summed E-state index contributed by atoms with van der Waals surface area (Å²) >= 11 is 6.31. The maximum atomic E-state index is 13.5. The summed E-state index contributed by atoms with van der Waals surface area (Å²) in [6.07, 6.45) is 5.74. The second-order valence-corrected chi connectivity index (χ2v) is 15.6. The number of amides is 2. The SMILES string of the molecule is CC1(C)OC/C=C/[C@H](OC(=O)N2CC(F)(F)C2)[C@@H]2CC[C@H]2CN2CCCCc3cc(Cl)ccc3COc3ccc(cc32)S(=O)(=O)NC1=O. The van der Waals surface area contributed by atoms with E-state index in [0.717, 1.165) is 48.1 Å². The highest BCUT2D eigenvalue weighted by Gasteiger charge is 2.48. The lowest BCUT2D eigenvalue weighted by Gasteiger charge is -2.45. The highest BCUT2D eigenvalue weighted by Crippen LogP contribution is 2.42. The van der Waals surface area contributed by atoms with Gasteiger partial charge in [-0.3, -0.25) is 9.69 Å². The molecule has 0 aromatic heterocycles. The molecule has 1 saturated heterocycles. The van der Waals surface area contributed by atoms with Crippen LogP contribution in [0.1, 0.15) is 50.7 Å². The second-order valence-electron chi connectivity index (χ2n) is 13.5. The minimum absolute atomic E-state index is 0.0319. The van der Waals surface area contributed by atoms with Gasteiger partial charge in [-0.25, -0.2) is 26.7 Å². The van der Waals surface area contributed by atoms with Crippen LogP contribution in [-0.2, 0) is 37.3 Å². The molecule has 0 radical (unpaired) electrons. The fourth-order valence-electron chi connectivity index (χ4n) is 6.54. The summed E-state index contributed by atoms with van der Waals surface area (Å²) in [5, 5.41) is 0.642. The Kier molecular flexibility index (Phi) is 9.67. The summed E-state index contributed by atoms with van der Waals surface area (Å²) in [5.74, 6) is -3.40. The lowest BCUT2D eigenvalue weighted by Crippen LogP contribution is -2.59. The molecule has 10 nitrogen and oxygen atoms in total. The molecule has 1 aliphatic carbocycles. The van der Waals surface area contributed by atoms with Gasteiger partial charge >= 0.3 is 6.09 Å². The number of halogens is 3. The molecule has 1 N–H and O–H groups in total. The smallest absolute Gasteiger partial charge is 0.410 e. The molecule has 0 unspecified atom stereocenters. The molecule has 3 aliphatic heterocycles. The highest BCUT2D eigenvalue weighted by molar-refractivity contribution is 7.90. The Labute approximate surface area is 284 Å². The molecule has 48 heavy (non-hydrogen) atoms. The fraction of sp³-hybridized carbons (Fsp3) is 0.529. The highest BCUT2D eigenvalue weighted by atomic mass is 35.5. The average Bonchev–Trinajstić information content (AvgIpc) is 3.02. The number of anilines is 1. The molecule has 2 amide bonds. The normalized spacial score (nSPS) is 27.3. The quantitative estimate of drug-likeness (QED) is 0.375. The fourth-order valence-corrected chi connectivity index (χ4v) is 7.86. The van der Waals surface area contributed by atoms with Gasteiger partial charge in [-0.05, 0) is 99.4 Å². The maximum Gasteiger partial charge on any atom is 0.410 e. The third-order valence-corrected chi connectivity index (χ3v) is 11.2. The number of hydrogen-bond acceptors (Lipinski definition) is 8. The first-order valence-electron chi connectivity index (χ1n) is 16.2. The van der Waals surface area contributed by atoms with Crippen LogP contribution in [0, 0.1) is 11.8 Å². The first-order chi connectivity index (χ1) is 22.7. The van der Waals surface area contributed by atoms with E-state index < -0.39 is 52.7 Å². The molecule has 260 valence electrons. The standard InChI is InChI=1S/C34H40ClF2N3O7S/c1-33(2)31(41)38-48(43,44)26-11-13-30-28(17-26)39(14-4-3-6-22-16-25(35)10-8-24(22)19-45-30)18-23-9-12-27(23)29(7-5-15-46-33)47-32(42)40-20-34(36,37)21-40/h5,7-8,10-11,13,16-17,23,27,29H,3-4,6,9,12,14-15,18-21H2,1-2H3,(H,38,41)/b7-5+/t23-,27+,29-/m0/s1. The molecule has 2 fully saturated rings. The van der Waals surface area contributed by atoms with Crippen LogP contribution in [0.15, 0.2) is 53.4 Å². The van der Waals surface area contributed by atoms with Crippen LogP contribution in [0.25, 0.3) is 0 Å². The third kappa shape index (κ3) is 7.58. The summed E-state index contributed by atoms with van der Waals surface area (Å²) in [4.78, 5) is 29.0. The van der Waals surface area contributed by atoms with Gasteiger partial charge in [0.05, 0.1) is 30.3 Å². The molecule has 2 bridgehead atoms. The Morgan fingerprint density at radius 1 is 1.08 bits per heavy atom. The molecule has 2 aromatic carbocycles. The number of fused-ring (bicyclic) bond motifs is 3. The predicted octanol–water partition coefficient (Wildman–Crippen LogP) is 5.71. The van der Waals surface area contributed by atoms with Crippen molar-refractivity contribution in [2.45, 2.75) is 75.1 Å². The van der Waals surface area contributed by atoms with Crippen LogP contribution in [0.2, 0.25) is 5.02 Å². The summed E-state index contributed by atoms with van der Waals surface area (Å²) < 4.78 is 74.2. The predicted molar refractivity (Wildman–Crippen MR) is 175 cm³/mol. The van der Waals surface area contributed by atoms with Crippen molar-refractivity contribution in [1.29, 1.82) is 0 Å². The molecule has 14 heteroatoms. The zero-order valence-electron chi connectivity index (χ0n) is 26.9. The Hall–Kier alpha value is -3.42. The third-order valence-electron chi connectivity index (χ3n) is 9.59. The van der Waals surface area contributed by atoms with Crippen LogP contribution in [0.4, 0.5) is 19.3 Å². The van der Waals surface area contributed by atoms with Crippen molar-refractivity contribution in [3.63, 3.8) is 0 Å². The van der Waals surface area contributed by atoms with Crippen molar-refractivity contribution in [1.82, 2.24) is 9.62 Å². The van der Waals surface area contributed by atoms with Gasteiger partial charge in [0.25, 0.3) is 21.9 Å². The number of carbonyl (C=O) groups is 2. The number of sulfonamides is 1. The monoisotopic (exact) mass is 707 g/mol. The van der Waals surface area contributed by atoms with E-state index in [9.17, 15) is 26.8 Å². The first kappa shape index (κ1) is 34.4. The molecule has 4 aliphatic rings. The number of nitrogens with one attached hydrogen (secondary N) is 1. The first-order valence-corrected chi connectivity index (χ1v) is 18.1.